The van der Waals surface area contributed by atoms with E-state index in [1.54, 1.807) is 0 Å². The first-order valence-electron chi connectivity index (χ1n) is 7.04. The van der Waals surface area contributed by atoms with E-state index in [2.05, 4.69) is 10.6 Å². The fraction of sp³-hybridized carbons (Fsp3) is 0.400. The molecule has 1 fully saturated rings. The summed E-state index contributed by atoms with van der Waals surface area (Å²) in [5, 5.41) is 5.08. The highest BCUT2D eigenvalue weighted by Crippen LogP contribution is 2.14. The SMILES string of the molecule is CC(C)C[C@H]1NC(=O)N(CC(=O)Nc2ccc(F)cc2)C1=O. The Morgan fingerprint density at radius 1 is 1.32 bits per heavy atom. The monoisotopic (exact) mass is 307 g/mol. The van der Waals surface area contributed by atoms with Crippen molar-refractivity contribution in [3.05, 3.63) is 30.1 Å². The van der Waals surface area contributed by atoms with Gasteiger partial charge in [0.1, 0.15) is 18.4 Å². The summed E-state index contributed by atoms with van der Waals surface area (Å²) in [6, 6.07) is 4.08. The topological polar surface area (TPSA) is 78.5 Å². The number of nitrogens with one attached hydrogen (secondary N) is 2. The minimum absolute atomic E-state index is 0.252. The van der Waals surface area contributed by atoms with E-state index >= 15 is 0 Å². The molecule has 7 heteroatoms. The first-order valence-corrected chi connectivity index (χ1v) is 7.04. The smallest absolute Gasteiger partial charge is 0.325 e. The number of amides is 4. The zero-order valence-electron chi connectivity index (χ0n) is 12.4. The molecule has 1 atom stereocenters. The molecule has 0 bridgehead atoms. The number of anilines is 1. The molecular weight excluding hydrogens is 289 g/mol. The molecule has 118 valence electrons. The third-order valence-electron chi connectivity index (χ3n) is 3.24. The van der Waals surface area contributed by atoms with Gasteiger partial charge in [-0.1, -0.05) is 13.8 Å². The molecule has 1 aliphatic rings. The summed E-state index contributed by atoms with van der Waals surface area (Å²) >= 11 is 0. The lowest BCUT2D eigenvalue weighted by Gasteiger charge is -2.13. The van der Waals surface area contributed by atoms with Crippen molar-refractivity contribution in [2.75, 3.05) is 11.9 Å². The lowest BCUT2D eigenvalue weighted by Crippen LogP contribution is -2.38. The van der Waals surface area contributed by atoms with Crippen LogP contribution in [0.2, 0.25) is 0 Å². The van der Waals surface area contributed by atoms with E-state index < -0.39 is 29.7 Å². The second-order valence-corrected chi connectivity index (χ2v) is 5.61. The molecule has 1 aromatic rings. The van der Waals surface area contributed by atoms with Crippen LogP contribution in [0.5, 0.6) is 0 Å². The molecule has 2 N–H and O–H groups in total. The number of hydrogen-bond donors (Lipinski definition) is 2. The van der Waals surface area contributed by atoms with Crippen LogP contribution in [-0.4, -0.2) is 35.3 Å². The number of carbonyl (C=O) groups is 3. The number of urea groups is 1. The van der Waals surface area contributed by atoms with Gasteiger partial charge in [-0.15, -0.1) is 0 Å². The van der Waals surface area contributed by atoms with Crippen molar-refractivity contribution in [3.63, 3.8) is 0 Å². The maximum atomic E-state index is 12.8. The maximum Gasteiger partial charge on any atom is 0.325 e. The Labute approximate surface area is 127 Å². The summed E-state index contributed by atoms with van der Waals surface area (Å²) in [5.41, 5.74) is 0.400. The van der Waals surface area contributed by atoms with Crippen molar-refractivity contribution in [2.24, 2.45) is 5.92 Å². The second kappa shape index (κ2) is 6.55. The highest BCUT2D eigenvalue weighted by Gasteiger charge is 2.38. The van der Waals surface area contributed by atoms with Gasteiger partial charge in [0, 0.05) is 5.69 Å². The van der Waals surface area contributed by atoms with E-state index in [4.69, 9.17) is 0 Å². The lowest BCUT2D eigenvalue weighted by molar-refractivity contribution is -0.131. The third-order valence-corrected chi connectivity index (χ3v) is 3.24. The maximum absolute atomic E-state index is 12.8. The van der Waals surface area contributed by atoms with Crippen LogP contribution < -0.4 is 10.6 Å². The Morgan fingerprint density at radius 3 is 2.55 bits per heavy atom. The summed E-state index contributed by atoms with van der Waals surface area (Å²) in [7, 11) is 0. The van der Waals surface area contributed by atoms with Crippen molar-refractivity contribution < 1.29 is 18.8 Å². The van der Waals surface area contributed by atoms with Gasteiger partial charge in [0.05, 0.1) is 0 Å². The Bertz CT molecular complexity index is 586. The molecule has 4 amide bonds. The Hall–Kier alpha value is -2.44. The summed E-state index contributed by atoms with van der Waals surface area (Å²) in [6.45, 7) is 3.53. The average Bonchev–Trinajstić information content (AvgIpc) is 2.68. The fourth-order valence-corrected chi connectivity index (χ4v) is 2.24. The highest BCUT2D eigenvalue weighted by molar-refractivity contribution is 6.07. The van der Waals surface area contributed by atoms with Crippen molar-refractivity contribution in [3.8, 4) is 0 Å². The first-order chi connectivity index (χ1) is 10.4. The summed E-state index contributed by atoms with van der Waals surface area (Å²) in [5.74, 6) is -1.07. The number of rotatable bonds is 5. The van der Waals surface area contributed by atoms with E-state index in [0.717, 1.165) is 4.90 Å². The van der Waals surface area contributed by atoms with Crippen molar-refractivity contribution in [1.29, 1.82) is 0 Å². The number of hydrogen-bond acceptors (Lipinski definition) is 3. The lowest BCUT2D eigenvalue weighted by atomic mass is 10.0. The minimum Gasteiger partial charge on any atom is -0.326 e. The molecule has 0 saturated carbocycles. The van der Waals surface area contributed by atoms with Gasteiger partial charge < -0.3 is 10.6 Å². The predicted octanol–water partition coefficient (Wildman–Crippen LogP) is 1.73. The standard InChI is InChI=1S/C15H18FN3O3/c1-9(2)7-12-14(21)19(15(22)18-12)8-13(20)17-11-5-3-10(16)4-6-11/h3-6,9,12H,7-8H2,1-2H3,(H,17,20)(H,18,22)/t12-/m1/s1. The van der Waals surface area contributed by atoms with Gasteiger partial charge in [-0.25, -0.2) is 9.18 Å². The van der Waals surface area contributed by atoms with E-state index in [0.29, 0.717) is 12.1 Å². The van der Waals surface area contributed by atoms with Crippen LogP contribution in [0, 0.1) is 11.7 Å². The van der Waals surface area contributed by atoms with Gasteiger partial charge in [-0.3, -0.25) is 14.5 Å². The zero-order valence-corrected chi connectivity index (χ0v) is 12.4. The quantitative estimate of drug-likeness (QED) is 0.813. The molecule has 6 nitrogen and oxygen atoms in total. The molecule has 0 aliphatic carbocycles. The van der Waals surface area contributed by atoms with Gasteiger partial charge in [0.25, 0.3) is 5.91 Å². The molecule has 0 spiro atoms. The van der Waals surface area contributed by atoms with E-state index in [1.165, 1.54) is 24.3 Å². The van der Waals surface area contributed by atoms with Gasteiger partial charge >= 0.3 is 6.03 Å². The molecule has 2 rings (SSSR count). The van der Waals surface area contributed by atoms with Crippen LogP contribution in [0.25, 0.3) is 0 Å². The molecule has 0 aromatic heterocycles. The minimum atomic E-state index is -0.578. The largest absolute Gasteiger partial charge is 0.326 e. The summed E-state index contributed by atoms with van der Waals surface area (Å²) in [6.07, 6.45) is 0.528. The Kier molecular flexibility index (Phi) is 4.75. The van der Waals surface area contributed by atoms with Gasteiger partial charge in [0.2, 0.25) is 5.91 Å². The van der Waals surface area contributed by atoms with E-state index in [-0.39, 0.29) is 12.5 Å². The summed E-state index contributed by atoms with van der Waals surface area (Å²) in [4.78, 5) is 36.7. The van der Waals surface area contributed by atoms with Gasteiger partial charge in [0.15, 0.2) is 0 Å². The highest BCUT2D eigenvalue weighted by atomic mass is 19.1. The molecule has 1 saturated heterocycles. The number of halogens is 1. The Balaban J connectivity index is 1.95. The van der Waals surface area contributed by atoms with E-state index in [9.17, 15) is 18.8 Å². The average molecular weight is 307 g/mol. The molecule has 0 unspecified atom stereocenters. The molecule has 1 aliphatic heterocycles. The second-order valence-electron chi connectivity index (χ2n) is 5.61. The van der Waals surface area contributed by atoms with Crippen LogP contribution in [0.3, 0.4) is 0 Å². The number of imide groups is 1. The zero-order chi connectivity index (χ0) is 16.3. The third kappa shape index (κ3) is 3.81. The molecule has 0 radical (unpaired) electrons. The molecule has 1 heterocycles. The molecular formula is C15H18FN3O3. The van der Waals surface area contributed by atoms with Crippen molar-refractivity contribution >= 4 is 23.5 Å². The van der Waals surface area contributed by atoms with Gasteiger partial charge in [-0.05, 0) is 36.6 Å². The van der Waals surface area contributed by atoms with Gasteiger partial charge in [-0.2, -0.15) is 0 Å². The van der Waals surface area contributed by atoms with Crippen LogP contribution in [0.15, 0.2) is 24.3 Å². The van der Waals surface area contributed by atoms with Crippen LogP contribution in [0.1, 0.15) is 20.3 Å². The number of nitrogens with zero attached hydrogens (tertiary/aromatic N) is 1. The van der Waals surface area contributed by atoms with Crippen molar-refractivity contribution in [1.82, 2.24) is 10.2 Å². The normalized spacial score (nSPS) is 17.8. The first kappa shape index (κ1) is 15.9. The van der Waals surface area contributed by atoms with E-state index in [1.807, 2.05) is 13.8 Å². The van der Waals surface area contributed by atoms with Crippen LogP contribution in [0.4, 0.5) is 14.9 Å². The van der Waals surface area contributed by atoms with Crippen LogP contribution in [-0.2, 0) is 9.59 Å². The number of carbonyl (C=O) groups excluding carboxylic acids is 3. The molecule has 1 aromatic carbocycles. The predicted molar refractivity (Wildman–Crippen MR) is 78.5 cm³/mol. The molecule has 22 heavy (non-hydrogen) atoms. The summed E-state index contributed by atoms with van der Waals surface area (Å²) < 4.78 is 12.8. The van der Waals surface area contributed by atoms with Crippen LogP contribution >= 0.6 is 0 Å². The number of benzene rings is 1. The van der Waals surface area contributed by atoms with Crippen molar-refractivity contribution in [2.45, 2.75) is 26.3 Å². The Morgan fingerprint density at radius 2 is 1.95 bits per heavy atom. The fourth-order valence-electron chi connectivity index (χ4n) is 2.24.